The number of rotatable bonds is 8. The second-order valence-corrected chi connectivity index (χ2v) is 12.8. The number of aromatic nitrogens is 4. The standard InChI is InChI=1S/C29H35F3N4O6S/c1-15-6-5-8-33-22(15)26(29(39)7-9-41-28(2,3)14-29)43-27-25(40-4)23(24(38)20(13-37)42-27)36-12-19(34-35-36)16-10-17(30)21(32)18(31)11-16/h5-6,8,10-12,20,23-27,37-39H,7,9,13-14H2,1-4H3/t20-,23+,24+,25-,26+,27+,29-/m1/s1. The molecule has 3 aromatic rings. The normalized spacial score (nSPS) is 29.9. The fraction of sp³-hybridized carbons (Fsp3) is 0.552. The Kier molecular flexibility index (Phi) is 9.19. The molecule has 2 aromatic heterocycles. The van der Waals surface area contributed by atoms with Gasteiger partial charge in [-0.25, -0.2) is 17.9 Å². The van der Waals surface area contributed by atoms with Crippen molar-refractivity contribution in [3.8, 4) is 11.3 Å². The van der Waals surface area contributed by atoms with Gasteiger partial charge in [-0.15, -0.1) is 16.9 Å². The molecule has 1 aromatic carbocycles. The number of pyridine rings is 1. The Morgan fingerprint density at radius 3 is 2.58 bits per heavy atom. The van der Waals surface area contributed by atoms with E-state index in [9.17, 15) is 28.5 Å². The first-order valence-electron chi connectivity index (χ1n) is 13.8. The van der Waals surface area contributed by atoms with Gasteiger partial charge in [-0.1, -0.05) is 11.3 Å². The molecule has 0 saturated carbocycles. The molecule has 43 heavy (non-hydrogen) atoms. The van der Waals surface area contributed by atoms with Crippen LogP contribution in [0.3, 0.4) is 0 Å². The van der Waals surface area contributed by atoms with Gasteiger partial charge in [0.25, 0.3) is 0 Å². The second-order valence-electron chi connectivity index (χ2n) is 11.6. The summed E-state index contributed by atoms with van der Waals surface area (Å²) in [6.07, 6.45) is 0.341. The maximum absolute atomic E-state index is 13.9. The van der Waals surface area contributed by atoms with Crippen LogP contribution in [0.2, 0.25) is 0 Å². The molecule has 4 heterocycles. The topological polar surface area (TPSA) is 132 Å². The fourth-order valence-electron chi connectivity index (χ4n) is 5.94. The van der Waals surface area contributed by atoms with E-state index in [1.807, 2.05) is 32.9 Å². The van der Waals surface area contributed by atoms with Gasteiger partial charge in [0, 0.05) is 31.7 Å². The molecule has 5 rings (SSSR count). The number of thioether (sulfide) groups is 1. The molecule has 0 unspecified atom stereocenters. The lowest BCUT2D eigenvalue weighted by Crippen LogP contribution is -2.56. The van der Waals surface area contributed by atoms with Crippen molar-refractivity contribution < 1.29 is 42.7 Å². The van der Waals surface area contributed by atoms with Crippen LogP contribution in [0.5, 0.6) is 0 Å². The van der Waals surface area contributed by atoms with E-state index < -0.39 is 70.3 Å². The summed E-state index contributed by atoms with van der Waals surface area (Å²) < 4.78 is 60.6. The average Bonchev–Trinajstić information content (AvgIpc) is 3.44. The van der Waals surface area contributed by atoms with Crippen LogP contribution in [0.15, 0.2) is 36.7 Å². The molecule has 0 radical (unpaired) electrons. The monoisotopic (exact) mass is 624 g/mol. The van der Waals surface area contributed by atoms with Crippen LogP contribution >= 0.6 is 11.8 Å². The Balaban J connectivity index is 1.52. The van der Waals surface area contributed by atoms with E-state index in [1.54, 1.807) is 6.20 Å². The smallest absolute Gasteiger partial charge is 0.194 e. The Morgan fingerprint density at radius 2 is 1.95 bits per heavy atom. The molecular formula is C29H35F3N4O6S. The summed E-state index contributed by atoms with van der Waals surface area (Å²) in [5, 5.41) is 41.0. The number of halogens is 3. The number of methoxy groups -OCH3 is 1. The van der Waals surface area contributed by atoms with Gasteiger partial charge in [0.15, 0.2) is 17.5 Å². The SMILES string of the molecule is CO[C@@H]1[C@@H](n2cc(-c3cc(F)c(F)c(F)c3)nn2)[C@@H](O)[C@@H](CO)O[C@H]1S[C@@H](c1ncccc1C)[C@@]1(O)CCOC(C)(C)C1. The van der Waals surface area contributed by atoms with E-state index >= 15 is 0 Å². The molecule has 0 amide bonds. The lowest BCUT2D eigenvalue weighted by atomic mass is 9.80. The van der Waals surface area contributed by atoms with Gasteiger partial charge in [-0.05, 0) is 44.5 Å². The summed E-state index contributed by atoms with van der Waals surface area (Å²) in [4.78, 5) is 4.62. The summed E-state index contributed by atoms with van der Waals surface area (Å²) in [5.74, 6) is -4.37. The van der Waals surface area contributed by atoms with Gasteiger partial charge in [0.2, 0.25) is 0 Å². The van der Waals surface area contributed by atoms with Gasteiger partial charge in [-0.3, -0.25) is 4.98 Å². The highest BCUT2D eigenvalue weighted by molar-refractivity contribution is 8.00. The van der Waals surface area contributed by atoms with E-state index in [1.165, 1.54) is 29.8 Å². The molecule has 10 nitrogen and oxygen atoms in total. The number of benzene rings is 1. The molecule has 234 valence electrons. The van der Waals surface area contributed by atoms with Crippen molar-refractivity contribution in [1.82, 2.24) is 20.0 Å². The van der Waals surface area contributed by atoms with Gasteiger partial charge < -0.3 is 29.5 Å². The van der Waals surface area contributed by atoms with Crippen molar-refractivity contribution in [2.24, 2.45) is 0 Å². The third kappa shape index (κ3) is 6.32. The number of nitrogens with zero attached hydrogens (tertiary/aromatic N) is 4. The summed E-state index contributed by atoms with van der Waals surface area (Å²) >= 11 is 1.26. The van der Waals surface area contributed by atoms with Crippen molar-refractivity contribution in [2.75, 3.05) is 20.3 Å². The highest BCUT2D eigenvalue weighted by Crippen LogP contribution is 2.51. The maximum atomic E-state index is 13.9. The zero-order chi connectivity index (χ0) is 31.1. The summed E-state index contributed by atoms with van der Waals surface area (Å²) in [5.41, 5.74) is -1.24. The average molecular weight is 625 g/mol. The lowest BCUT2D eigenvalue weighted by Gasteiger charge is -2.48. The predicted molar refractivity (Wildman–Crippen MR) is 150 cm³/mol. The number of ether oxygens (including phenoxy) is 3. The van der Waals surface area contributed by atoms with Crippen LogP contribution in [-0.4, -0.2) is 90.6 Å². The summed E-state index contributed by atoms with van der Waals surface area (Å²) in [7, 11) is 1.43. The van der Waals surface area contributed by atoms with E-state index in [2.05, 4.69) is 15.3 Å². The fourth-order valence-corrected chi connectivity index (χ4v) is 7.67. The molecule has 14 heteroatoms. The van der Waals surface area contributed by atoms with Crippen LogP contribution < -0.4 is 0 Å². The molecule has 2 fully saturated rings. The van der Waals surface area contributed by atoms with Gasteiger partial charge in [0.05, 0.1) is 41.6 Å². The van der Waals surface area contributed by atoms with Crippen molar-refractivity contribution in [2.45, 2.75) is 79.9 Å². The van der Waals surface area contributed by atoms with Crippen molar-refractivity contribution in [1.29, 1.82) is 0 Å². The van der Waals surface area contributed by atoms with Crippen molar-refractivity contribution in [3.05, 3.63) is 65.4 Å². The summed E-state index contributed by atoms with van der Waals surface area (Å²) in [6.45, 7) is 5.52. The Hall–Kier alpha value is -2.59. The Labute approximate surface area is 251 Å². The largest absolute Gasteiger partial charge is 0.394 e. The van der Waals surface area contributed by atoms with Crippen LogP contribution in [0, 0.1) is 24.4 Å². The zero-order valence-electron chi connectivity index (χ0n) is 24.2. The first kappa shape index (κ1) is 31.8. The van der Waals surface area contributed by atoms with E-state index in [-0.39, 0.29) is 11.3 Å². The van der Waals surface area contributed by atoms with E-state index in [0.29, 0.717) is 25.1 Å². The maximum Gasteiger partial charge on any atom is 0.194 e. The molecule has 0 bridgehead atoms. The highest BCUT2D eigenvalue weighted by atomic mass is 32.2. The van der Waals surface area contributed by atoms with Crippen LogP contribution in [0.4, 0.5) is 13.2 Å². The lowest BCUT2D eigenvalue weighted by molar-refractivity contribution is -0.187. The van der Waals surface area contributed by atoms with E-state index in [4.69, 9.17) is 14.2 Å². The van der Waals surface area contributed by atoms with Gasteiger partial charge in [-0.2, -0.15) is 0 Å². The van der Waals surface area contributed by atoms with Crippen LogP contribution in [0.25, 0.3) is 11.3 Å². The van der Waals surface area contributed by atoms with E-state index in [0.717, 1.165) is 17.7 Å². The van der Waals surface area contributed by atoms with Gasteiger partial charge in [0.1, 0.15) is 35.5 Å². The molecular weight excluding hydrogens is 589 g/mol. The molecule has 0 aliphatic carbocycles. The first-order valence-corrected chi connectivity index (χ1v) is 14.8. The number of aryl methyl sites for hydroxylation is 1. The third-order valence-corrected chi connectivity index (χ3v) is 9.59. The quantitative estimate of drug-likeness (QED) is 0.320. The minimum absolute atomic E-state index is 0.0248. The highest BCUT2D eigenvalue weighted by Gasteiger charge is 2.52. The molecule has 0 spiro atoms. The van der Waals surface area contributed by atoms with Crippen molar-refractivity contribution >= 4 is 11.8 Å². The molecule has 3 N–H and O–H groups in total. The molecule has 2 saturated heterocycles. The Morgan fingerprint density at radius 1 is 1.23 bits per heavy atom. The minimum Gasteiger partial charge on any atom is -0.394 e. The molecule has 7 atom stereocenters. The zero-order valence-corrected chi connectivity index (χ0v) is 25.0. The van der Waals surface area contributed by atoms with Crippen molar-refractivity contribution in [3.63, 3.8) is 0 Å². The second kappa shape index (κ2) is 12.4. The minimum atomic E-state index is -1.60. The predicted octanol–water partition coefficient (Wildman–Crippen LogP) is 3.49. The number of aliphatic hydroxyl groups excluding tert-OH is 2. The Bertz CT molecular complexity index is 1420. The van der Waals surface area contributed by atoms with Crippen LogP contribution in [-0.2, 0) is 14.2 Å². The summed E-state index contributed by atoms with van der Waals surface area (Å²) in [6, 6.07) is 4.33. The molecule has 2 aliphatic heterocycles. The number of hydrogen-bond acceptors (Lipinski definition) is 10. The third-order valence-electron chi connectivity index (χ3n) is 8.01. The molecule has 2 aliphatic rings. The van der Waals surface area contributed by atoms with Gasteiger partial charge >= 0.3 is 0 Å². The number of hydrogen-bond donors (Lipinski definition) is 3. The van der Waals surface area contributed by atoms with Crippen LogP contribution in [0.1, 0.15) is 49.2 Å². The first-order chi connectivity index (χ1) is 20.4. The number of aliphatic hydroxyl groups is 3.